The van der Waals surface area contributed by atoms with Crippen LogP contribution in [-0.2, 0) is 6.54 Å². The Morgan fingerprint density at radius 3 is 2.81 bits per heavy atom. The fourth-order valence-electron chi connectivity index (χ4n) is 1.57. The molecule has 2 rings (SSSR count). The van der Waals surface area contributed by atoms with Crippen molar-refractivity contribution < 1.29 is 0 Å². The van der Waals surface area contributed by atoms with E-state index in [1.807, 2.05) is 18.5 Å². The van der Waals surface area contributed by atoms with Gasteiger partial charge in [-0.15, -0.1) is 0 Å². The zero-order valence-corrected chi connectivity index (χ0v) is 9.86. The number of nitrogen functional groups attached to an aromatic ring is 1. The van der Waals surface area contributed by atoms with Gasteiger partial charge in [0.15, 0.2) is 0 Å². The lowest BCUT2D eigenvalue weighted by Gasteiger charge is -2.04. The number of hydrogen-bond acceptors (Lipinski definition) is 4. The number of aromatic nitrogens is 4. The summed E-state index contributed by atoms with van der Waals surface area (Å²) >= 11 is 6.07. The largest absolute Gasteiger partial charge is 0.382 e. The van der Waals surface area contributed by atoms with Crippen molar-refractivity contribution in [2.45, 2.75) is 20.4 Å². The Balaban J connectivity index is 2.59. The van der Waals surface area contributed by atoms with Crippen LogP contribution in [-0.4, -0.2) is 19.7 Å². The maximum atomic E-state index is 6.07. The second-order valence-corrected chi connectivity index (χ2v) is 3.76. The van der Waals surface area contributed by atoms with Crippen molar-refractivity contribution in [3.05, 3.63) is 23.2 Å². The number of nitrogens with zero attached hydrogens (tertiary/aromatic N) is 4. The molecule has 0 spiro atoms. The van der Waals surface area contributed by atoms with Crippen LogP contribution in [0.15, 0.2) is 12.5 Å². The summed E-state index contributed by atoms with van der Waals surface area (Å²) in [5, 5.41) is 4.61. The maximum absolute atomic E-state index is 6.07. The molecule has 0 unspecified atom stereocenters. The zero-order chi connectivity index (χ0) is 11.7. The molecule has 0 aliphatic carbocycles. The average molecular weight is 238 g/mol. The SMILES string of the molecule is CCn1ncc(-c2ncnc(N)c2Cl)c1C. The molecule has 0 radical (unpaired) electrons. The Hall–Kier alpha value is -1.62. The first-order valence-corrected chi connectivity index (χ1v) is 5.31. The summed E-state index contributed by atoms with van der Waals surface area (Å²) in [4.78, 5) is 7.97. The summed E-state index contributed by atoms with van der Waals surface area (Å²) in [7, 11) is 0. The number of hydrogen-bond donors (Lipinski definition) is 1. The van der Waals surface area contributed by atoms with Crippen LogP contribution in [0.2, 0.25) is 5.02 Å². The molecule has 0 aliphatic rings. The first-order chi connectivity index (χ1) is 7.65. The first-order valence-electron chi connectivity index (χ1n) is 4.94. The molecule has 0 bridgehead atoms. The van der Waals surface area contributed by atoms with Gasteiger partial charge in [-0.3, -0.25) is 4.68 Å². The van der Waals surface area contributed by atoms with E-state index < -0.39 is 0 Å². The van der Waals surface area contributed by atoms with E-state index in [9.17, 15) is 0 Å². The van der Waals surface area contributed by atoms with Gasteiger partial charge in [-0.05, 0) is 13.8 Å². The highest BCUT2D eigenvalue weighted by Gasteiger charge is 2.14. The molecule has 6 heteroatoms. The van der Waals surface area contributed by atoms with E-state index >= 15 is 0 Å². The lowest BCUT2D eigenvalue weighted by Crippen LogP contribution is -1.99. The second-order valence-electron chi connectivity index (χ2n) is 3.38. The third kappa shape index (κ3) is 1.63. The smallest absolute Gasteiger partial charge is 0.146 e. The molecule has 16 heavy (non-hydrogen) atoms. The molecule has 2 aromatic heterocycles. The molecule has 0 fully saturated rings. The average Bonchev–Trinajstić information content (AvgIpc) is 2.64. The van der Waals surface area contributed by atoms with Gasteiger partial charge in [0.25, 0.3) is 0 Å². The topological polar surface area (TPSA) is 69.6 Å². The van der Waals surface area contributed by atoms with Crippen molar-refractivity contribution in [3.8, 4) is 11.3 Å². The molecule has 2 heterocycles. The predicted octanol–water partition coefficient (Wildman–Crippen LogP) is 1.90. The summed E-state index contributed by atoms with van der Waals surface area (Å²) in [6.07, 6.45) is 3.14. The van der Waals surface area contributed by atoms with Crippen LogP contribution in [0.1, 0.15) is 12.6 Å². The molecule has 2 aromatic rings. The van der Waals surface area contributed by atoms with Crippen LogP contribution in [0.4, 0.5) is 5.82 Å². The molecule has 0 atom stereocenters. The molecule has 5 nitrogen and oxygen atoms in total. The monoisotopic (exact) mass is 237 g/mol. The van der Waals surface area contributed by atoms with Gasteiger partial charge in [0.05, 0.1) is 11.9 Å². The summed E-state index contributed by atoms with van der Waals surface area (Å²) in [6, 6.07) is 0. The Labute approximate surface area is 98.3 Å². The highest BCUT2D eigenvalue weighted by Crippen LogP contribution is 2.30. The minimum Gasteiger partial charge on any atom is -0.382 e. The Morgan fingerprint density at radius 2 is 2.19 bits per heavy atom. The van der Waals surface area contributed by atoms with Crippen molar-refractivity contribution >= 4 is 17.4 Å². The van der Waals surface area contributed by atoms with Crippen molar-refractivity contribution in [1.82, 2.24) is 19.7 Å². The fraction of sp³-hybridized carbons (Fsp3) is 0.300. The van der Waals surface area contributed by atoms with E-state index in [0.29, 0.717) is 10.7 Å². The van der Waals surface area contributed by atoms with Crippen LogP contribution in [0.5, 0.6) is 0 Å². The van der Waals surface area contributed by atoms with E-state index in [0.717, 1.165) is 17.8 Å². The molecule has 0 amide bonds. The molecule has 0 saturated carbocycles. The molecular weight excluding hydrogens is 226 g/mol. The third-order valence-electron chi connectivity index (χ3n) is 2.47. The van der Waals surface area contributed by atoms with Crippen molar-refractivity contribution in [2.24, 2.45) is 0 Å². The van der Waals surface area contributed by atoms with E-state index in [1.54, 1.807) is 6.20 Å². The summed E-state index contributed by atoms with van der Waals surface area (Å²) in [6.45, 7) is 4.81. The number of nitrogens with two attached hydrogens (primary N) is 1. The Bertz CT molecular complexity index is 520. The van der Waals surface area contributed by atoms with Gasteiger partial charge in [-0.25, -0.2) is 9.97 Å². The normalized spacial score (nSPS) is 10.7. The number of aryl methyl sites for hydroxylation is 1. The van der Waals surface area contributed by atoms with Crippen LogP contribution in [0.25, 0.3) is 11.3 Å². The van der Waals surface area contributed by atoms with Gasteiger partial charge >= 0.3 is 0 Å². The minimum absolute atomic E-state index is 0.287. The van der Waals surface area contributed by atoms with E-state index in [4.69, 9.17) is 17.3 Å². The van der Waals surface area contributed by atoms with Gasteiger partial charge in [0.2, 0.25) is 0 Å². The quantitative estimate of drug-likeness (QED) is 0.866. The number of rotatable bonds is 2. The standard InChI is InChI=1S/C10H12ClN5/c1-3-16-6(2)7(4-15-16)9-8(11)10(12)14-5-13-9/h4-5H,3H2,1-2H3,(H2,12,13,14). The van der Waals surface area contributed by atoms with Crippen molar-refractivity contribution in [2.75, 3.05) is 5.73 Å². The minimum atomic E-state index is 0.287. The lowest BCUT2D eigenvalue weighted by atomic mass is 10.2. The van der Waals surface area contributed by atoms with Crippen molar-refractivity contribution in [3.63, 3.8) is 0 Å². The second kappa shape index (κ2) is 4.09. The van der Waals surface area contributed by atoms with Gasteiger partial charge in [-0.2, -0.15) is 5.10 Å². The molecule has 2 N–H and O–H groups in total. The van der Waals surface area contributed by atoms with E-state index in [2.05, 4.69) is 15.1 Å². The molecule has 0 aliphatic heterocycles. The molecule has 0 saturated heterocycles. The zero-order valence-electron chi connectivity index (χ0n) is 9.11. The lowest BCUT2D eigenvalue weighted by molar-refractivity contribution is 0.640. The van der Waals surface area contributed by atoms with Crippen LogP contribution >= 0.6 is 11.6 Å². The molecule has 0 aromatic carbocycles. The highest BCUT2D eigenvalue weighted by molar-refractivity contribution is 6.35. The Morgan fingerprint density at radius 1 is 1.44 bits per heavy atom. The summed E-state index contributed by atoms with van der Waals surface area (Å²) in [5.41, 5.74) is 8.17. The predicted molar refractivity (Wildman–Crippen MR) is 63.1 cm³/mol. The van der Waals surface area contributed by atoms with Crippen LogP contribution in [0, 0.1) is 6.92 Å². The first kappa shape index (κ1) is 10.9. The van der Waals surface area contributed by atoms with E-state index in [-0.39, 0.29) is 5.82 Å². The van der Waals surface area contributed by atoms with Gasteiger partial charge in [-0.1, -0.05) is 11.6 Å². The number of halogens is 1. The Kier molecular flexibility index (Phi) is 2.78. The van der Waals surface area contributed by atoms with E-state index in [1.165, 1.54) is 6.33 Å². The van der Waals surface area contributed by atoms with Gasteiger partial charge < -0.3 is 5.73 Å². The fourth-order valence-corrected chi connectivity index (χ4v) is 1.77. The van der Waals surface area contributed by atoms with Crippen LogP contribution < -0.4 is 5.73 Å². The van der Waals surface area contributed by atoms with Gasteiger partial charge in [0, 0.05) is 17.8 Å². The van der Waals surface area contributed by atoms with Crippen molar-refractivity contribution in [1.29, 1.82) is 0 Å². The molecule has 84 valence electrons. The number of anilines is 1. The van der Waals surface area contributed by atoms with Crippen LogP contribution in [0.3, 0.4) is 0 Å². The molecular formula is C10H12ClN5. The third-order valence-corrected chi connectivity index (χ3v) is 2.85. The summed E-state index contributed by atoms with van der Waals surface area (Å²) in [5.74, 6) is 0.287. The highest BCUT2D eigenvalue weighted by atomic mass is 35.5. The summed E-state index contributed by atoms with van der Waals surface area (Å²) < 4.78 is 1.88. The van der Waals surface area contributed by atoms with Gasteiger partial charge in [0.1, 0.15) is 17.2 Å². The maximum Gasteiger partial charge on any atom is 0.146 e.